The van der Waals surface area contributed by atoms with Crippen LogP contribution < -0.4 is 16.3 Å². The molecule has 1 aliphatic heterocycles. The molecule has 2 heterocycles. The number of ether oxygens (including phenoxy) is 2. The van der Waals surface area contributed by atoms with Crippen LogP contribution in [-0.2, 0) is 39.9 Å². The monoisotopic (exact) mass is 635 g/mol. The lowest BCUT2D eigenvalue weighted by molar-refractivity contribution is -0.149. The van der Waals surface area contributed by atoms with Crippen LogP contribution in [0.2, 0.25) is 0 Å². The molecule has 1 fully saturated rings. The van der Waals surface area contributed by atoms with Crippen molar-refractivity contribution in [1.82, 2.24) is 14.6 Å². The van der Waals surface area contributed by atoms with Crippen molar-refractivity contribution in [2.45, 2.75) is 77.6 Å². The number of nitrogens with zero attached hydrogens (tertiary/aromatic N) is 1. The van der Waals surface area contributed by atoms with Gasteiger partial charge in [-0.15, -0.1) is 0 Å². The summed E-state index contributed by atoms with van der Waals surface area (Å²) in [4.78, 5) is 49.7. The molecule has 1 aromatic heterocycles. The summed E-state index contributed by atoms with van der Waals surface area (Å²) in [5, 5.41) is 0.105. The Kier molecular flexibility index (Phi) is 11.9. The van der Waals surface area contributed by atoms with Gasteiger partial charge < -0.3 is 18.5 Å². The molecule has 11 nitrogen and oxygen atoms in total. The standard InChI is InChI=1S/C22H33ClF2N3O8PS2/c1-12(2)35-17(30)13(3)27-37(38,33-7-8-39-19(31)21(4,5)6)34-11-14-9-22(23,25)18(36-14)28-10-15(24)16(29)26-20(28)32/h10,12-14,18H,7-9,11H2,1-6H3,(H,27,38)(H,26,29,32)/t13-,14-,18+,22+,37?/m0/s1. The van der Waals surface area contributed by atoms with E-state index in [2.05, 4.69) is 5.09 Å². The first-order valence-corrected chi connectivity index (χ1v) is 15.9. The first kappa shape index (κ1) is 34.0. The maximum Gasteiger partial charge on any atom is 0.330 e. The molecule has 1 aliphatic rings. The van der Waals surface area contributed by atoms with Gasteiger partial charge in [0.25, 0.3) is 12.2 Å². The second-order valence-electron chi connectivity index (χ2n) is 10.1. The summed E-state index contributed by atoms with van der Waals surface area (Å²) < 4.78 is 51.7. The maximum absolute atomic E-state index is 15.2. The van der Waals surface area contributed by atoms with E-state index in [0.717, 1.165) is 11.8 Å². The number of hydrogen-bond donors (Lipinski definition) is 2. The Hall–Kier alpha value is -1.19. The van der Waals surface area contributed by atoms with E-state index in [1.54, 1.807) is 39.6 Å². The number of hydrogen-bond acceptors (Lipinski definition) is 10. The molecule has 0 bridgehead atoms. The molecule has 1 unspecified atom stereocenters. The van der Waals surface area contributed by atoms with E-state index in [0.29, 0.717) is 10.8 Å². The van der Waals surface area contributed by atoms with Gasteiger partial charge in [-0.2, -0.15) is 4.39 Å². The van der Waals surface area contributed by atoms with Gasteiger partial charge in [-0.3, -0.25) is 23.9 Å². The lowest BCUT2D eigenvalue weighted by Crippen LogP contribution is -2.38. The normalized spacial score (nSPS) is 23.9. The zero-order valence-electron chi connectivity index (χ0n) is 22.3. The van der Waals surface area contributed by atoms with Crippen LogP contribution in [0.5, 0.6) is 0 Å². The third-order valence-electron chi connectivity index (χ3n) is 5.04. The van der Waals surface area contributed by atoms with Gasteiger partial charge in [0.2, 0.25) is 10.9 Å². The maximum atomic E-state index is 15.2. The fourth-order valence-electron chi connectivity index (χ4n) is 3.16. The molecule has 5 atom stereocenters. The van der Waals surface area contributed by atoms with Crippen molar-refractivity contribution < 1.29 is 36.9 Å². The van der Waals surface area contributed by atoms with E-state index < -0.39 is 65.0 Å². The molecule has 2 rings (SSSR count). The molecule has 0 aromatic carbocycles. The molecule has 0 amide bonds. The molecule has 0 spiro atoms. The van der Waals surface area contributed by atoms with Crippen molar-refractivity contribution in [3.63, 3.8) is 0 Å². The first-order valence-electron chi connectivity index (χ1n) is 11.9. The van der Waals surface area contributed by atoms with Crippen LogP contribution in [0.1, 0.15) is 54.2 Å². The van der Waals surface area contributed by atoms with Gasteiger partial charge in [0.05, 0.1) is 31.6 Å². The number of halogens is 3. The van der Waals surface area contributed by atoms with Gasteiger partial charge >= 0.3 is 11.7 Å². The topological polar surface area (TPSA) is 138 Å². The Bertz CT molecular complexity index is 1210. The summed E-state index contributed by atoms with van der Waals surface area (Å²) in [6, 6.07) is -0.935. The summed E-state index contributed by atoms with van der Waals surface area (Å²) in [6.07, 6.45) is -3.21. The van der Waals surface area contributed by atoms with Crippen LogP contribution in [0.3, 0.4) is 0 Å². The average Bonchev–Trinajstić information content (AvgIpc) is 3.10. The fraction of sp³-hybridized carbons (Fsp3) is 0.727. The summed E-state index contributed by atoms with van der Waals surface area (Å²) in [6.45, 7) is 6.38. The predicted molar refractivity (Wildman–Crippen MR) is 146 cm³/mol. The van der Waals surface area contributed by atoms with E-state index >= 15 is 4.39 Å². The minimum Gasteiger partial charge on any atom is -0.462 e. The van der Waals surface area contributed by atoms with Crippen LogP contribution in [0.4, 0.5) is 8.78 Å². The van der Waals surface area contributed by atoms with Crippen LogP contribution in [-0.4, -0.2) is 63.0 Å². The number of esters is 1. The lowest BCUT2D eigenvalue weighted by atomic mass is 10.00. The molecule has 1 aromatic rings. The Morgan fingerprint density at radius 3 is 2.59 bits per heavy atom. The Morgan fingerprint density at radius 2 is 2.00 bits per heavy atom. The number of aromatic amines is 1. The Morgan fingerprint density at radius 1 is 1.36 bits per heavy atom. The van der Waals surface area contributed by atoms with Crippen molar-refractivity contribution in [3.05, 3.63) is 32.9 Å². The molecule has 0 saturated carbocycles. The van der Waals surface area contributed by atoms with Crippen LogP contribution in [0.15, 0.2) is 15.8 Å². The number of rotatable bonds is 12. The second kappa shape index (κ2) is 13.6. The predicted octanol–water partition coefficient (Wildman–Crippen LogP) is 3.36. The van der Waals surface area contributed by atoms with Gasteiger partial charge in [0.1, 0.15) is 6.04 Å². The summed E-state index contributed by atoms with van der Waals surface area (Å²) in [5.41, 5.74) is -2.95. The smallest absolute Gasteiger partial charge is 0.330 e. The van der Waals surface area contributed by atoms with Gasteiger partial charge in [-0.1, -0.05) is 44.1 Å². The number of carbonyl (C=O) groups is 2. The SMILES string of the molecule is CC(C)OC(=O)[C@H](C)NP(=S)(OCCSC(=O)C(C)(C)C)OC[C@@H]1C[C@](F)(Cl)[C@H](n2cc(F)c(=O)[nH]c2=O)O1. The molecule has 0 radical (unpaired) electrons. The third kappa shape index (κ3) is 9.99. The number of nitrogens with one attached hydrogen (secondary N) is 2. The molecule has 2 N–H and O–H groups in total. The summed E-state index contributed by atoms with van der Waals surface area (Å²) in [5.74, 6) is -1.69. The molecular formula is C22H33ClF2N3O8PS2. The van der Waals surface area contributed by atoms with E-state index in [1.807, 2.05) is 0 Å². The summed E-state index contributed by atoms with van der Waals surface area (Å²) >= 11 is 12.6. The average molecular weight is 636 g/mol. The molecular weight excluding hydrogens is 603 g/mol. The van der Waals surface area contributed by atoms with Gasteiger partial charge in [0.15, 0.2) is 11.3 Å². The fourth-order valence-corrected chi connectivity index (χ4v) is 6.78. The second-order valence-corrected chi connectivity index (χ2v) is 15.0. The van der Waals surface area contributed by atoms with E-state index in [1.165, 1.54) is 6.92 Å². The van der Waals surface area contributed by atoms with E-state index in [-0.39, 0.29) is 30.2 Å². The number of alkyl halides is 2. The molecule has 222 valence electrons. The zero-order chi connectivity index (χ0) is 29.8. The number of H-pyrrole nitrogens is 1. The zero-order valence-corrected chi connectivity index (χ0v) is 25.6. The number of thioether (sulfide) groups is 1. The highest BCUT2D eigenvalue weighted by molar-refractivity contribution is 8.13. The first-order chi connectivity index (χ1) is 17.8. The van der Waals surface area contributed by atoms with Crippen LogP contribution in [0.25, 0.3) is 0 Å². The lowest BCUT2D eigenvalue weighted by Gasteiger charge is -2.27. The molecule has 1 saturated heterocycles. The van der Waals surface area contributed by atoms with Gasteiger partial charge in [0, 0.05) is 17.6 Å². The van der Waals surface area contributed by atoms with E-state index in [4.69, 9.17) is 41.9 Å². The van der Waals surface area contributed by atoms with Crippen molar-refractivity contribution in [3.8, 4) is 0 Å². The van der Waals surface area contributed by atoms with Gasteiger partial charge in [-0.25, -0.2) is 14.3 Å². The quantitative estimate of drug-likeness (QED) is 0.151. The van der Waals surface area contributed by atoms with Crippen molar-refractivity contribution in [2.24, 2.45) is 5.41 Å². The van der Waals surface area contributed by atoms with E-state index in [9.17, 15) is 23.6 Å². The highest BCUT2D eigenvalue weighted by Crippen LogP contribution is 2.48. The molecule has 39 heavy (non-hydrogen) atoms. The highest BCUT2D eigenvalue weighted by atomic mass is 35.5. The van der Waals surface area contributed by atoms with Crippen LogP contribution >= 0.6 is 30.0 Å². The largest absolute Gasteiger partial charge is 0.462 e. The third-order valence-corrected chi connectivity index (χ3v) is 9.29. The van der Waals surface area contributed by atoms with Crippen molar-refractivity contribution in [2.75, 3.05) is 19.0 Å². The Balaban J connectivity index is 2.13. The van der Waals surface area contributed by atoms with Crippen LogP contribution in [0, 0.1) is 11.2 Å². The number of aromatic nitrogens is 2. The molecule has 0 aliphatic carbocycles. The highest BCUT2D eigenvalue weighted by Gasteiger charge is 2.50. The van der Waals surface area contributed by atoms with Gasteiger partial charge in [-0.05, 0) is 32.6 Å². The summed E-state index contributed by atoms with van der Waals surface area (Å²) in [7, 11) is 0. The van der Waals surface area contributed by atoms with Crippen molar-refractivity contribution in [1.29, 1.82) is 0 Å². The minimum atomic E-state index is -3.45. The van der Waals surface area contributed by atoms with Crippen molar-refractivity contribution >= 4 is 52.9 Å². The Labute approximate surface area is 238 Å². The minimum absolute atomic E-state index is 0.00847. The number of carbonyl (C=O) groups excluding carboxylic acids is 2. The molecule has 17 heteroatoms.